The van der Waals surface area contributed by atoms with Crippen LogP contribution in [0.15, 0.2) is 28.7 Å². The third-order valence-corrected chi connectivity index (χ3v) is 2.81. The van der Waals surface area contributed by atoms with Crippen LogP contribution in [0.1, 0.15) is 18.9 Å². The molecule has 0 fully saturated rings. The predicted molar refractivity (Wildman–Crippen MR) is 66.9 cm³/mol. The topological polar surface area (TPSA) is 21.3 Å². The number of nitrogens with one attached hydrogen (secondary N) is 1. The summed E-state index contributed by atoms with van der Waals surface area (Å²) in [5.74, 6) is 0. The normalized spacial score (nSPS) is 12.7. The Balaban J connectivity index is 2.38. The molecule has 84 valence electrons. The molecule has 0 bridgehead atoms. The number of ether oxygens (including phenoxy) is 1. The van der Waals surface area contributed by atoms with Gasteiger partial charge in [-0.05, 0) is 31.2 Å². The Hall–Kier alpha value is -0.380. The van der Waals surface area contributed by atoms with E-state index in [9.17, 15) is 0 Å². The molecule has 15 heavy (non-hydrogen) atoms. The molecule has 0 aliphatic carbocycles. The molecule has 1 rings (SSSR count). The van der Waals surface area contributed by atoms with Gasteiger partial charge in [-0.2, -0.15) is 0 Å². The number of likely N-dealkylation sites (N-methyl/N-ethyl adjacent to an activating group) is 1. The minimum absolute atomic E-state index is 0.304. The monoisotopic (exact) mass is 271 g/mol. The first-order valence-electron chi connectivity index (χ1n) is 5.27. The summed E-state index contributed by atoms with van der Waals surface area (Å²) in [6.45, 7) is 3.74. The largest absolute Gasteiger partial charge is 0.372 e. The van der Waals surface area contributed by atoms with Crippen molar-refractivity contribution in [1.82, 2.24) is 5.32 Å². The molecule has 0 heterocycles. The third-order valence-electron chi connectivity index (χ3n) is 2.29. The summed E-state index contributed by atoms with van der Waals surface area (Å²) in [5, 5.41) is 3.13. The lowest BCUT2D eigenvalue weighted by atomic mass is 10.2. The van der Waals surface area contributed by atoms with Crippen molar-refractivity contribution < 1.29 is 4.74 Å². The molecule has 3 heteroatoms. The minimum Gasteiger partial charge on any atom is -0.372 e. The lowest BCUT2D eigenvalue weighted by Crippen LogP contribution is -2.25. The van der Waals surface area contributed by atoms with E-state index >= 15 is 0 Å². The average molecular weight is 272 g/mol. The molecule has 1 unspecified atom stereocenters. The van der Waals surface area contributed by atoms with E-state index in [0.29, 0.717) is 12.7 Å². The maximum absolute atomic E-state index is 5.78. The van der Waals surface area contributed by atoms with E-state index in [4.69, 9.17) is 4.74 Å². The Morgan fingerprint density at radius 1 is 1.33 bits per heavy atom. The van der Waals surface area contributed by atoms with E-state index in [1.54, 1.807) is 0 Å². The fourth-order valence-electron chi connectivity index (χ4n) is 1.34. The molecule has 0 aliphatic rings. The van der Waals surface area contributed by atoms with Crippen molar-refractivity contribution in [2.45, 2.75) is 26.1 Å². The number of benzene rings is 1. The van der Waals surface area contributed by atoms with Crippen molar-refractivity contribution in [3.63, 3.8) is 0 Å². The Morgan fingerprint density at radius 3 is 2.53 bits per heavy atom. The second-order valence-electron chi connectivity index (χ2n) is 3.53. The van der Waals surface area contributed by atoms with Gasteiger partial charge in [-0.25, -0.2) is 0 Å². The Kier molecular flexibility index (Phi) is 5.91. The van der Waals surface area contributed by atoms with Crippen LogP contribution in [0.3, 0.4) is 0 Å². The predicted octanol–water partition coefficient (Wildman–Crippen LogP) is 2.96. The van der Waals surface area contributed by atoms with Gasteiger partial charge in [-0.3, -0.25) is 0 Å². The second-order valence-corrected chi connectivity index (χ2v) is 4.44. The SMILES string of the molecule is CCC(CNC)OCc1ccc(Br)cc1. The molecule has 1 aromatic rings. The smallest absolute Gasteiger partial charge is 0.0721 e. The summed E-state index contributed by atoms with van der Waals surface area (Å²) in [7, 11) is 1.95. The molecule has 0 saturated heterocycles. The van der Waals surface area contributed by atoms with Crippen molar-refractivity contribution in [2.24, 2.45) is 0 Å². The molecule has 0 amide bonds. The molecule has 0 saturated carbocycles. The van der Waals surface area contributed by atoms with Gasteiger partial charge in [0.25, 0.3) is 0 Å². The molecule has 2 nitrogen and oxygen atoms in total. The van der Waals surface area contributed by atoms with Gasteiger partial charge in [0.15, 0.2) is 0 Å². The zero-order valence-corrected chi connectivity index (χ0v) is 10.9. The van der Waals surface area contributed by atoms with Crippen LogP contribution in [0, 0.1) is 0 Å². The molecule has 0 spiro atoms. The highest BCUT2D eigenvalue weighted by Crippen LogP contribution is 2.12. The van der Waals surface area contributed by atoms with Gasteiger partial charge >= 0.3 is 0 Å². The summed E-state index contributed by atoms with van der Waals surface area (Å²) >= 11 is 3.41. The van der Waals surface area contributed by atoms with Crippen molar-refractivity contribution >= 4 is 15.9 Å². The fraction of sp³-hybridized carbons (Fsp3) is 0.500. The summed E-state index contributed by atoms with van der Waals surface area (Å²) in [4.78, 5) is 0. The maximum Gasteiger partial charge on any atom is 0.0721 e. The van der Waals surface area contributed by atoms with Crippen molar-refractivity contribution in [1.29, 1.82) is 0 Å². The van der Waals surface area contributed by atoms with Crippen LogP contribution < -0.4 is 5.32 Å². The van der Waals surface area contributed by atoms with Crippen LogP contribution in [-0.4, -0.2) is 19.7 Å². The molecule has 1 aromatic carbocycles. The molecular weight excluding hydrogens is 254 g/mol. The number of hydrogen-bond donors (Lipinski definition) is 1. The first kappa shape index (κ1) is 12.7. The zero-order chi connectivity index (χ0) is 11.1. The number of halogens is 1. The molecule has 0 radical (unpaired) electrons. The van der Waals surface area contributed by atoms with Crippen LogP contribution in [0.5, 0.6) is 0 Å². The van der Waals surface area contributed by atoms with Gasteiger partial charge in [0, 0.05) is 11.0 Å². The number of rotatable bonds is 6. The summed E-state index contributed by atoms with van der Waals surface area (Å²) < 4.78 is 6.88. The molecular formula is C12H18BrNO. The fourth-order valence-corrected chi connectivity index (χ4v) is 1.61. The van der Waals surface area contributed by atoms with Crippen molar-refractivity contribution in [2.75, 3.05) is 13.6 Å². The van der Waals surface area contributed by atoms with Crippen LogP contribution in [0.4, 0.5) is 0 Å². The lowest BCUT2D eigenvalue weighted by Gasteiger charge is -2.15. The van der Waals surface area contributed by atoms with Crippen LogP contribution >= 0.6 is 15.9 Å². The Labute approximate surface area is 100 Å². The maximum atomic E-state index is 5.78. The molecule has 1 N–H and O–H groups in total. The standard InChI is InChI=1S/C12H18BrNO/c1-3-12(8-14-2)15-9-10-4-6-11(13)7-5-10/h4-7,12,14H,3,8-9H2,1-2H3. The Morgan fingerprint density at radius 2 is 2.00 bits per heavy atom. The van der Waals surface area contributed by atoms with E-state index in [1.807, 2.05) is 19.2 Å². The van der Waals surface area contributed by atoms with E-state index < -0.39 is 0 Å². The van der Waals surface area contributed by atoms with Crippen molar-refractivity contribution in [3.8, 4) is 0 Å². The van der Waals surface area contributed by atoms with Gasteiger partial charge in [0.2, 0.25) is 0 Å². The van der Waals surface area contributed by atoms with Crippen molar-refractivity contribution in [3.05, 3.63) is 34.3 Å². The highest BCUT2D eigenvalue weighted by molar-refractivity contribution is 9.10. The van der Waals surface area contributed by atoms with Gasteiger partial charge in [0.05, 0.1) is 12.7 Å². The van der Waals surface area contributed by atoms with Gasteiger partial charge in [-0.1, -0.05) is 35.0 Å². The van der Waals surface area contributed by atoms with Crippen LogP contribution in [0.25, 0.3) is 0 Å². The highest BCUT2D eigenvalue weighted by atomic mass is 79.9. The molecule has 1 atom stereocenters. The second kappa shape index (κ2) is 6.99. The Bertz CT molecular complexity index is 273. The highest BCUT2D eigenvalue weighted by Gasteiger charge is 2.04. The first-order valence-corrected chi connectivity index (χ1v) is 6.06. The van der Waals surface area contributed by atoms with E-state index in [2.05, 4.69) is 40.3 Å². The van der Waals surface area contributed by atoms with Crippen LogP contribution in [-0.2, 0) is 11.3 Å². The first-order chi connectivity index (χ1) is 7.26. The summed E-state index contributed by atoms with van der Waals surface area (Å²) in [5.41, 5.74) is 1.22. The van der Waals surface area contributed by atoms with E-state index in [-0.39, 0.29) is 0 Å². The van der Waals surface area contributed by atoms with E-state index in [0.717, 1.165) is 17.4 Å². The molecule has 0 aliphatic heterocycles. The van der Waals surface area contributed by atoms with Crippen LogP contribution in [0.2, 0.25) is 0 Å². The van der Waals surface area contributed by atoms with Gasteiger partial charge in [-0.15, -0.1) is 0 Å². The lowest BCUT2D eigenvalue weighted by molar-refractivity contribution is 0.0396. The number of hydrogen-bond acceptors (Lipinski definition) is 2. The molecule has 0 aromatic heterocycles. The van der Waals surface area contributed by atoms with Gasteiger partial charge in [0.1, 0.15) is 0 Å². The third kappa shape index (κ3) is 4.78. The zero-order valence-electron chi connectivity index (χ0n) is 9.29. The summed E-state index contributed by atoms with van der Waals surface area (Å²) in [6.07, 6.45) is 1.34. The van der Waals surface area contributed by atoms with E-state index in [1.165, 1.54) is 5.56 Å². The average Bonchev–Trinajstić information content (AvgIpc) is 2.26. The minimum atomic E-state index is 0.304. The van der Waals surface area contributed by atoms with Gasteiger partial charge < -0.3 is 10.1 Å². The summed E-state index contributed by atoms with van der Waals surface area (Å²) in [6, 6.07) is 8.24. The quantitative estimate of drug-likeness (QED) is 0.859.